The van der Waals surface area contributed by atoms with E-state index < -0.39 is 17.5 Å². The normalized spacial score (nSPS) is 23.5. The molecule has 0 saturated heterocycles. The lowest BCUT2D eigenvalue weighted by Gasteiger charge is -2.17. The first-order valence-electron chi connectivity index (χ1n) is 4.22. The van der Waals surface area contributed by atoms with Crippen LogP contribution in [0, 0.1) is 0 Å². The number of carbonyl (C=O) groups is 2. The first-order chi connectivity index (χ1) is 6.95. The average Bonchev–Trinajstić information content (AvgIpc) is 2.40. The van der Waals surface area contributed by atoms with E-state index in [1.165, 1.54) is 6.92 Å². The molecular weight excluding hydrogens is 264 g/mol. The van der Waals surface area contributed by atoms with Crippen LogP contribution >= 0.6 is 15.9 Å². The van der Waals surface area contributed by atoms with Crippen LogP contribution in [0.25, 0.3) is 0 Å². The van der Waals surface area contributed by atoms with Crippen LogP contribution in [0.1, 0.15) is 22.8 Å². The summed E-state index contributed by atoms with van der Waals surface area (Å²) in [6.45, 7) is 1.37. The van der Waals surface area contributed by atoms with Crippen molar-refractivity contribution in [1.29, 1.82) is 0 Å². The highest BCUT2D eigenvalue weighted by Crippen LogP contribution is 2.37. The largest absolute Gasteiger partial charge is 0.478 e. The van der Waals surface area contributed by atoms with Crippen molar-refractivity contribution in [3.05, 3.63) is 33.8 Å². The van der Waals surface area contributed by atoms with Crippen molar-refractivity contribution in [3.8, 4) is 0 Å². The van der Waals surface area contributed by atoms with E-state index in [1.54, 1.807) is 18.2 Å². The Morgan fingerprint density at radius 2 is 2.20 bits per heavy atom. The number of hydrogen-bond acceptors (Lipinski definition) is 3. The molecule has 1 unspecified atom stereocenters. The summed E-state index contributed by atoms with van der Waals surface area (Å²) in [7, 11) is 0. The van der Waals surface area contributed by atoms with Gasteiger partial charge in [0.2, 0.25) is 5.60 Å². The highest BCUT2D eigenvalue weighted by molar-refractivity contribution is 9.10. The fourth-order valence-electron chi connectivity index (χ4n) is 1.56. The highest BCUT2D eigenvalue weighted by Gasteiger charge is 2.47. The van der Waals surface area contributed by atoms with Crippen LogP contribution in [-0.4, -0.2) is 17.0 Å². The number of carbonyl (C=O) groups excluding carboxylic acids is 1. The molecular formula is C10H7BrO4. The van der Waals surface area contributed by atoms with Crippen molar-refractivity contribution in [2.45, 2.75) is 12.5 Å². The minimum absolute atomic E-state index is 0.300. The van der Waals surface area contributed by atoms with E-state index in [0.717, 1.165) is 0 Å². The molecule has 1 N–H and O–H groups in total. The number of benzene rings is 1. The van der Waals surface area contributed by atoms with E-state index in [0.29, 0.717) is 15.6 Å². The molecule has 1 atom stereocenters. The Labute approximate surface area is 94.0 Å². The Balaban J connectivity index is 2.66. The average molecular weight is 271 g/mol. The number of rotatable bonds is 1. The Morgan fingerprint density at radius 3 is 2.80 bits per heavy atom. The molecule has 1 aliphatic rings. The third kappa shape index (κ3) is 1.34. The number of ether oxygens (including phenoxy) is 1. The van der Waals surface area contributed by atoms with Crippen LogP contribution in [0.3, 0.4) is 0 Å². The predicted octanol–water partition coefficient (Wildman–Crippen LogP) is 1.92. The van der Waals surface area contributed by atoms with Gasteiger partial charge in [-0.25, -0.2) is 9.59 Å². The topological polar surface area (TPSA) is 63.6 Å². The Morgan fingerprint density at radius 1 is 1.53 bits per heavy atom. The van der Waals surface area contributed by atoms with Gasteiger partial charge in [0.05, 0.1) is 5.56 Å². The molecule has 0 bridgehead atoms. The quantitative estimate of drug-likeness (QED) is 0.792. The van der Waals surface area contributed by atoms with Crippen LogP contribution in [0.5, 0.6) is 0 Å². The number of aliphatic carboxylic acids is 1. The summed E-state index contributed by atoms with van der Waals surface area (Å²) < 4.78 is 5.59. The third-order valence-electron chi connectivity index (χ3n) is 2.42. The molecule has 4 nitrogen and oxygen atoms in total. The van der Waals surface area contributed by atoms with E-state index in [-0.39, 0.29) is 0 Å². The standard InChI is InChI=1S/C10H7BrO4/c1-10(9(13)14)7-3-2-5(11)4-6(7)8(12)15-10/h2-4H,1H3,(H,13,14). The first-order valence-corrected chi connectivity index (χ1v) is 5.01. The summed E-state index contributed by atoms with van der Waals surface area (Å²) in [5.74, 6) is -1.77. The second-order valence-corrected chi connectivity index (χ2v) is 4.33. The molecule has 5 heteroatoms. The van der Waals surface area contributed by atoms with E-state index >= 15 is 0 Å². The summed E-state index contributed by atoms with van der Waals surface area (Å²) in [5.41, 5.74) is -0.870. The zero-order valence-electron chi connectivity index (χ0n) is 7.78. The van der Waals surface area contributed by atoms with Crippen LogP contribution in [0.4, 0.5) is 0 Å². The van der Waals surface area contributed by atoms with Crippen LogP contribution < -0.4 is 0 Å². The van der Waals surface area contributed by atoms with Crippen molar-refractivity contribution in [2.75, 3.05) is 0 Å². The van der Waals surface area contributed by atoms with Gasteiger partial charge in [-0.2, -0.15) is 0 Å². The molecule has 0 aliphatic carbocycles. The van der Waals surface area contributed by atoms with Crippen molar-refractivity contribution < 1.29 is 19.4 Å². The third-order valence-corrected chi connectivity index (χ3v) is 2.91. The predicted molar refractivity (Wildman–Crippen MR) is 54.5 cm³/mol. The number of esters is 1. The maximum absolute atomic E-state index is 11.4. The second kappa shape index (κ2) is 3.06. The van der Waals surface area contributed by atoms with Crippen LogP contribution in [0.15, 0.2) is 22.7 Å². The van der Waals surface area contributed by atoms with Crippen LogP contribution in [0.2, 0.25) is 0 Å². The number of carboxylic acids is 1. The summed E-state index contributed by atoms with van der Waals surface area (Å²) in [5, 5.41) is 9.02. The molecule has 1 heterocycles. The highest BCUT2D eigenvalue weighted by atomic mass is 79.9. The van der Waals surface area contributed by atoms with Crippen molar-refractivity contribution >= 4 is 27.9 Å². The molecule has 0 saturated carbocycles. The number of cyclic esters (lactones) is 1. The van der Waals surface area contributed by atoms with Gasteiger partial charge in [0.15, 0.2) is 0 Å². The summed E-state index contributed by atoms with van der Waals surface area (Å²) >= 11 is 3.21. The molecule has 0 radical (unpaired) electrons. The molecule has 1 aromatic rings. The van der Waals surface area contributed by atoms with Crippen molar-refractivity contribution in [3.63, 3.8) is 0 Å². The second-order valence-electron chi connectivity index (χ2n) is 3.42. The lowest BCUT2D eigenvalue weighted by molar-refractivity contribution is -0.156. The van der Waals surface area contributed by atoms with Gasteiger partial charge in [-0.15, -0.1) is 0 Å². The van der Waals surface area contributed by atoms with E-state index in [2.05, 4.69) is 15.9 Å². The van der Waals surface area contributed by atoms with Gasteiger partial charge in [0.25, 0.3) is 0 Å². The number of carboxylic acid groups (broad SMARTS) is 1. The molecule has 1 aliphatic heterocycles. The lowest BCUT2D eigenvalue weighted by Crippen LogP contribution is -2.32. The van der Waals surface area contributed by atoms with Gasteiger partial charge >= 0.3 is 11.9 Å². The van der Waals surface area contributed by atoms with Gasteiger partial charge in [0.1, 0.15) is 0 Å². The van der Waals surface area contributed by atoms with Gasteiger partial charge in [-0.05, 0) is 19.1 Å². The van der Waals surface area contributed by atoms with E-state index in [4.69, 9.17) is 9.84 Å². The fourth-order valence-corrected chi connectivity index (χ4v) is 1.92. The molecule has 0 fully saturated rings. The van der Waals surface area contributed by atoms with Crippen molar-refractivity contribution in [1.82, 2.24) is 0 Å². The van der Waals surface area contributed by atoms with Crippen molar-refractivity contribution in [2.24, 2.45) is 0 Å². The van der Waals surface area contributed by atoms with Crippen LogP contribution in [-0.2, 0) is 15.1 Å². The maximum atomic E-state index is 11.4. The summed E-state index contributed by atoms with van der Waals surface area (Å²) in [4.78, 5) is 22.5. The minimum Gasteiger partial charge on any atom is -0.478 e. The van der Waals surface area contributed by atoms with Gasteiger partial charge in [-0.3, -0.25) is 0 Å². The lowest BCUT2D eigenvalue weighted by atomic mass is 9.94. The zero-order chi connectivity index (χ0) is 11.2. The molecule has 0 spiro atoms. The Kier molecular flexibility index (Phi) is 2.08. The number of halogens is 1. The van der Waals surface area contributed by atoms with E-state index in [1.807, 2.05) is 0 Å². The molecule has 2 rings (SSSR count). The molecule has 15 heavy (non-hydrogen) atoms. The fraction of sp³-hybridized carbons (Fsp3) is 0.200. The maximum Gasteiger partial charge on any atom is 0.352 e. The molecule has 1 aromatic carbocycles. The zero-order valence-corrected chi connectivity index (χ0v) is 9.37. The number of hydrogen-bond donors (Lipinski definition) is 1. The van der Waals surface area contributed by atoms with Gasteiger partial charge in [0, 0.05) is 10.0 Å². The Hall–Kier alpha value is -1.36. The van der Waals surface area contributed by atoms with E-state index in [9.17, 15) is 9.59 Å². The smallest absolute Gasteiger partial charge is 0.352 e. The molecule has 78 valence electrons. The first kappa shape index (κ1) is 10.2. The Bertz CT molecular complexity index is 468. The number of fused-ring (bicyclic) bond motifs is 1. The molecule has 0 amide bonds. The summed E-state index contributed by atoms with van der Waals surface area (Å²) in [6.07, 6.45) is 0. The van der Waals surface area contributed by atoms with Gasteiger partial charge in [-0.1, -0.05) is 22.0 Å². The summed E-state index contributed by atoms with van der Waals surface area (Å²) in [6, 6.07) is 4.83. The minimum atomic E-state index is -1.56. The molecule has 0 aromatic heterocycles. The monoisotopic (exact) mass is 270 g/mol. The SMILES string of the molecule is CC1(C(=O)O)OC(=O)c2cc(Br)ccc21. The van der Waals surface area contributed by atoms with Gasteiger partial charge < -0.3 is 9.84 Å².